The fourth-order valence-electron chi connectivity index (χ4n) is 5.60. The highest BCUT2D eigenvalue weighted by Gasteiger charge is 2.52. The van der Waals surface area contributed by atoms with Gasteiger partial charge in [-0.1, -0.05) is 52.3 Å². The van der Waals surface area contributed by atoms with Gasteiger partial charge in [0.15, 0.2) is 0 Å². The van der Waals surface area contributed by atoms with Gasteiger partial charge >= 0.3 is 11.9 Å². The van der Waals surface area contributed by atoms with Crippen LogP contribution in [0.4, 0.5) is 0 Å². The molecule has 0 aromatic heterocycles. The van der Waals surface area contributed by atoms with E-state index in [0.717, 1.165) is 32.1 Å². The van der Waals surface area contributed by atoms with Crippen molar-refractivity contribution in [3.05, 3.63) is 34.9 Å². The summed E-state index contributed by atoms with van der Waals surface area (Å²) >= 11 is 0. The van der Waals surface area contributed by atoms with Crippen LogP contribution in [0.5, 0.6) is 0 Å². The number of aliphatic carboxylic acids is 1. The first kappa shape index (κ1) is 19.9. The fourth-order valence-corrected chi connectivity index (χ4v) is 5.60. The molecular formula is C23H32O4. The van der Waals surface area contributed by atoms with Gasteiger partial charge in [-0.3, -0.25) is 9.59 Å². The average molecular weight is 373 g/mol. The summed E-state index contributed by atoms with van der Waals surface area (Å²) in [7, 11) is 0. The van der Waals surface area contributed by atoms with Gasteiger partial charge in [0.2, 0.25) is 0 Å². The molecule has 1 fully saturated rings. The van der Waals surface area contributed by atoms with Crippen molar-refractivity contribution < 1.29 is 19.4 Å². The van der Waals surface area contributed by atoms with Crippen LogP contribution < -0.4 is 0 Å². The summed E-state index contributed by atoms with van der Waals surface area (Å²) in [5.41, 5.74) is 4.33. The van der Waals surface area contributed by atoms with Crippen molar-refractivity contribution >= 4 is 11.9 Å². The van der Waals surface area contributed by atoms with E-state index in [1.807, 2.05) is 0 Å². The summed E-state index contributed by atoms with van der Waals surface area (Å²) in [6.07, 6.45) is 4.88. The number of carbonyl (C=O) groups is 2. The van der Waals surface area contributed by atoms with Gasteiger partial charge in [0.1, 0.15) is 6.42 Å². The Bertz CT molecular complexity index is 738. The lowest BCUT2D eigenvalue weighted by molar-refractivity contribution is -0.156. The molecule has 0 unspecified atom stereocenters. The molecule has 1 N–H and O–H groups in total. The minimum Gasteiger partial charge on any atom is -0.481 e. The SMILES string of the molecule is CC(C)c1ccc2c(c1)CC[C@H]1[C@](C)(COC(=O)CC(=O)O)CCC[C@]21C. The van der Waals surface area contributed by atoms with Crippen LogP contribution in [-0.2, 0) is 26.2 Å². The van der Waals surface area contributed by atoms with Gasteiger partial charge in [0, 0.05) is 5.41 Å². The number of fused-ring (bicyclic) bond motifs is 3. The zero-order valence-corrected chi connectivity index (χ0v) is 17.0. The predicted molar refractivity (Wildman–Crippen MR) is 105 cm³/mol. The molecule has 0 bridgehead atoms. The maximum absolute atomic E-state index is 11.8. The minimum atomic E-state index is -1.13. The van der Waals surface area contributed by atoms with E-state index in [0.29, 0.717) is 18.4 Å². The topological polar surface area (TPSA) is 63.6 Å². The second kappa shape index (κ2) is 7.29. The highest BCUT2D eigenvalue weighted by molar-refractivity contribution is 5.90. The molecule has 1 saturated carbocycles. The van der Waals surface area contributed by atoms with E-state index >= 15 is 0 Å². The van der Waals surface area contributed by atoms with Crippen LogP contribution in [0, 0.1) is 11.3 Å². The van der Waals surface area contributed by atoms with E-state index in [1.165, 1.54) is 16.7 Å². The van der Waals surface area contributed by atoms with Crippen LogP contribution in [-0.4, -0.2) is 23.7 Å². The Kier molecular flexibility index (Phi) is 5.38. The van der Waals surface area contributed by atoms with E-state index in [4.69, 9.17) is 9.84 Å². The summed E-state index contributed by atoms with van der Waals surface area (Å²) in [6, 6.07) is 7.00. The van der Waals surface area contributed by atoms with Crippen molar-refractivity contribution in [3.63, 3.8) is 0 Å². The molecule has 2 aliphatic carbocycles. The molecule has 2 aliphatic rings. The lowest BCUT2D eigenvalue weighted by Crippen LogP contribution is -2.51. The first-order chi connectivity index (χ1) is 12.7. The molecule has 1 aromatic rings. The summed E-state index contributed by atoms with van der Waals surface area (Å²) in [5, 5.41) is 8.78. The number of carboxylic acid groups (broad SMARTS) is 1. The van der Waals surface area contributed by atoms with Crippen LogP contribution in [0.2, 0.25) is 0 Å². The number of rotatable bonds is 5. The van der Waals surface area contributed by atoms with Gasteiger partial charge in [-0.15, -0.1) is 0 Å². The predicted octanol–water partition coefficient (Wildman–Crippen LogP) is 4.84. The normalized spacial score (nSPS) is 29.7. The molecule has 148 valence electrons. The van der Waals surface area contributed by atoms with Gasteiger partial charge < -0.3 is 9.84 Å². The lowest BCUT2D eigenvalue weighted by atomic mass is 9.50. The molecule has 3 rings (SSSR count). The molecule has 0 aliphatic heterocycles. The van der Waals surface area contributed by atoms with Crippen LogP contribution in [0.3, 0.4) is 0 Å². The molecule has 0 amide bonds. The largest absolute Gasteiger partial charge is 0.481 e. The van der Waals surface area contributed by atoms with E-state index in [-0.39, 0.29) is 10.8 Å². The number of esters is 1. The highest BCUT2D eigenvalue weighted by atomic mass is 16.5. The smallest absolute Gasteiger partial charge is 0.317 e. The van der Waals surface area contributed by atoms with E-state index < -0.39 is 18.4 Å². The van der Waals surface area contributed by atoms with Gasteiger partial charge in [0.25, 0.3) is 0 Å². The quantitative estimate of drug-likeness (QED) is 0.593. The van der Waals surface area contributed by atoms with Crippen LogP contribution in [0.25, 0.3) is 0 Å². The number of carbonyl (C=O) groups excluding carboxylic acids is 1. The molecule has 1 aromatic carbocycles. The second-order valence-corrected chi connectivity index (χ2v) is 9.32. The van der Waals surface area contributed by atoms with Crippen molar-refractivity contribution in [1.82, 2.24) is 0 Å². The fraction of sp³-hybridized carbons (Fsp3) is 0.652. The first-order valence-corrected chi connectivity index (χ1v) is 10.2. The molecule has 27 heavy (non-hydrogen) atoms. The lowest BCUT2D eigenvalue weighted by Gasteiger charge is -2.55. The minimum absolute atomic E-state index is 0.0926. The van der Waals surface area contributed by atoms with Crippen LogP contribution in [0.1, 0.15) is 82.4 Å². The standard InChI is InChI=1S/C23H32O4/c1-15(2)16-6-8-18-17(12-16)7-9-19-22(3,10-5-11-23(18,19)4)14-27-21(26)13-20(24)25/h6,8,12,15,19H,5,7,9-11,13-14H2,1-4H3,(H,24,25)/t19-,22-,23+/m0/s1. The molecular weight excluding hydrogens is 340 g/mol. The molecule has 0 saturated heterocycles. The zero-order chi connectivity index (χ0) is 19.8. The van der Waals surface area contributed by atoms with Gasteiger partial charge in [-0.2, -0.15) is 0 Å². The third kappa shape index (κ3) is 3.76. The van der Waals surface area contributed by atoms with Gasteiger partial charge in [-0.25, -0.2) is 0 Å². The number of benzene rings is 1. The number of hydrogen-bond donors (Lipinski definition) is 1. The maximum atomic E-state index is 11.8. The van der Waals surface area contributed by atoms with Crippen molar-refractivity contribution in [3.8, 4) is 0 Å². The Hall–Kier alpha value is -1.84. The van der Waals surface area contributed by atoms with Crippen molar-refractivity contribution in [2.24, 2.45) is 11.3 Å². The molecule has 4 heteroatoms. The number of ether oxygens (including phenoxy) is 1. The maximum Gasteiger partial charge on any atom is 0.317 e. The van der Waals surface area contributed by atoms with E-state index in [2.05, 4.69) is 45.9 Å². The Morgan fingerprint density at radius 2 is 2.00 bits per heavy atom. The molecule has 0 heterocycles. The molecule has 3 atom stereocenters. The average Bonchev–Trinajstić information content (AvgIpc) is 2.59. The molecule has 0 radical (unpaired) electrons. The second-order valence-electron chi connectivity index (χ2n) is 9.32. The Morgan fingerprint density at radius 3 is 2.67 bits per heavy atom. The Labute approximate surface area is 162 Å². The van der Waals surface area contributed by atoms with Gasteiger partial charge in [0.05, 0.1) is 6.61 Å². The summed E-state index contributed by atoms with van der Waals surface area (Å²) in [4.78, 5) is 22.5. The third-order valence-electron chi connectivity index (χ3n) is 7.03. The van der Waals surface area contributed by atoms with E-state index in [1.54, 1.807) is 0 Å². The van der Waals surface area contributed by atoms with Crippen molar-refractivity contribution in [1.29, 1.82) is 0 Å². The number of aryl methyl sites for hydroxylation is 1. The summed E-state index contributed by atoms with van der Waals surface area (Å²) in [6.45, 7) is 9.38. The van der Waals surface area contributed by atoms with Crippen molar-refractivity contribution in [2.45, 2.75) is 77.6 Å². The Morgan fingerprint density at radius 1 is 1.26 bits per heavy atom. The Balaban J connectivity index is 1.84. The number of carboxylic acids is 1. The summed E-state index contributed by atoms with van der Waals surface area (Å²) in [5.74, 6) is -0.792. The zero-order valence-electron chi connectivity index (χ0n) is 17.0. The van der Waals surface area contributed by atoms with E-state index in [9.17, 15) is 9.59 Å². The monoisotopic (exact) mass is 372 g/mol. The highest BCUT2D eigenvalue weighted by Crippen LogP contribution is 2.57. The van der Waals surface area contributed by atoms with Gasteiger partial charge in [-0.05, 0) is 59.6 Å². The summed E-state index contributed by atoms with van der Waals surface area (Å²) < 4.78 is 5.41. The van der Waals surface area contributed by atoms with Crippen LogP contribution >= 0.6 is 0 Å². The van der Waals surface area contributed by atoms with Crippen LogP contribution in [0.15, 0.2) is 18.2 Å². The number of hydrogen-bond acceptors (Lipinski definition) is 3. The molecule has 0 spiro atoms. The third-order valence-corrected chi connectivity index (χ3v) is 7.03. The van der Waals surface area contributed by atoms with Crippen molar-refractivity contribution in [2.75, 3.05) is 6.61 Å². The molecule has 4 nitrogen and oxygen atoms in total. The first-order valence-electron chi connectivity index (χ1n) is 10.2.